The lowest BCUT2D eigenvalue weighted by molar-refractivity contribution is -0.142. The molecule has 0 aliphatic carbocycles. The molecule has 0 amide bonds. The van der Waals surface area contributed by atoms with E-state index in [9.17, 15) is 4.79 Å². The lowest BCUT2D eigenvalue weighted by Gasteiger charge is -2.34. The Morgan fingerprint density at radius 1 is 0.907 bits per heavy atom. The summed E-state index contributed by atoms with van der Waals surface area (Å²) in [6, 6.07) is 17.5. The predicted octanol–water partition coefficient (Wildman–Crippen LogP) is 10.3. The zero-order valence-electron chi connectivity index (χ0n) is 26.8. The van der Waals surface area contributed by atoms with Gasteiger partial charge in [-0.2, -0.15) is 0 Å². The number of esters is 1. The number of nitrogens with zero attached hydrogens (tertiary/aromatic N) is 1. The van der Waals surface area contributed by atoms with Crippen molar-refractivity contribution in [2.75, 3.05) is 6.61 Å². The number of benzene rings is 2. The van der Waals surface area contributed by atoms with Crippen LogP contribution in [-0.2, 0) is 25.6 Å². The van der Waals surface area contributed by atoms with Crippen LogP contribution in [0.4, 0.5) is 0 Å². The number of hydrogen-bond acceptors (Lipinski definition) is 5. The highest BCUT2D eigenvalue weighted by Crippen LogP contribution is 2.41. The Bertz CT molecular complexity index is 1400. The van der Waals surface area contributed by atoms with Gasteiger partial charge in [0.25, 0.3) is 0 Å². The Morgan fingerprint density at radius 3 is 2.07 bits per heavy atom. The molecule has 1 aromatic heterocycles. The van der Waals surface area contributed by atoms with Gasteiger partial charge in [-0.25, -0.2) is 0 Å². The molecule has 0 spiro atoms. The third kappa shape index (κ3) is 8.65. The predicted molar refractivity (Wildman–Crippen MR) is 189 cm³/mol. The van der Waals surface area contributed by atoms with E-state index < -0.39 is 5.60 Å². The van der Waals surface area contributed by atoms with E-state index in [2.05, 4.69) is 116 Å². The molecule has 1 heterocycles. The largest absolute Gasteiger partial charge is 0.466 e. The van der Waals surface area contributed by atoms with Gasteiger partial charge in [-0.3, -0.25) is 14.0 Å². The minimum Gasteiger partial charge on any atom is -0.466 e. The van der Waals surface area contributed by atoms with E-state index in [1.165, 1.54) is 31.5 Å². The SMILES string of the molecule is CCCC(C#Cc1ccc(C(CC)(CC)c2ccc(-c3ccc(CC(=O)OCC)cn3)c(C)c2)cc1C)(CCC)OSI. The van der Waals surface area contributed by atoms with E-state index in [0.717, 1.165) is 60.9 Å². The smallest absolute Gasteiger partial charge is 0.310 e. The lowest BCUT2D eigenvalue weighted by atomic mass is 9.69. The van der Waals surface area contributed by atoms with Crippen LogP contribution in [0, 0.1) is 25.7 Å². The maximum Gasteiger partial charge on any atom is 0.310 e. The zero-order chi connectivity index (χ0) is 31.5. The van der Waals surface area contributed by atoms with E-state index in [4.69, 9.17) is 8.92 Å². The van der Waals surface area contributed by atoms with Gasteiger partial charge in [0.1, 0.15) is 5.60 Å². The Morgan fingerprint density at radius 2 is 1.56 bits per heavy atom. The number of aromatic nitrogens is 1. The fourth-order valence-electron chi connectivity index (χ4n) is 6.05. The van der Waals surface area contributed by atoms with Gasteiger partial charge in [-0.1, -0.05) is 88.8 Å². The van der Waals surface area contributed by atoms with Gasteiger partial charge in [0, 0.05) is 43.9 Å². The molecule has 0 saturated carbocycles. The monoisotopic (exact) mass is 711 g/mol. The van der Waals surface area contributed by atoms with Crippen molar-refractivity contribution in [3.8, 4) is 23.1 Å². The maximum atomic E-state index is 11.8. The number of carbonyl (C=O) groups excluding carboxylic acids is 1. The Hall–Kier alpha value is -2.34. The van der Waals surface area contributed by atoms with Crippen LogP contribution in [0.1, 0.15) is 107 Å². The van der Waals surface area contributed by atoms with Gasteiger partial charge >= 0.3 is 5.97 Å². The second kappa shape index (κ2) is 16.7. The number of rotatable bonds is 14. The molecule has 0 aliphatic heterocycles. The molecular weight excluding hydrogens is 665 g/mol. The summed E-state index contributed by atoms with van der Waals surface area (Å²) in [6.45, 7) is 15.5. The number of pyridine rings is 1. The van der Waals surface area contributed by atoms with Gasteiger partial charge in [0.2, 0.25) is 0 Å². The second-order valence-corrected chi connectivity index (χ2v) is 12.6. The highest BCUT2D eigenvalue weighted by atomic mass is 127. The Kier molecular flexibility index (Phi) is 13.6. The Balaban J connectivity index is 1.94. The summed E-state index contributed by atoms with van der Waals surface area (Å²) in [5.41, 5.74) is 8.42. The lowest BCUT2D eigenvalue weighted by Crippen LogP contribution is -2.28. The quantitative estimate of drug-likeness (QED) is 0.0721. The second-order valence-electron chi connectivity index (χ2n) is 11.3. The molecule has 0 unspecified atom stereocenters. The number of hydrogen-bond donors (Lipinski definition) is 0. The van der Waals surface area contributed by atoms with Crippen LogP contribution in [0.25, 0.3) is 11.3 Å². The molecule has 3 rings (SSSR count). The van der Waals surface area contributed by atoms with Gasteiger partial charge in [0.15, 0.2) is 0 Å². The molecular formula is C37H46INO3S. The van der Waals surface area contributed by atoms with E-state index >= 15 is 0 Å². The van der Waals surface area contributed by atoms with Crippen molar-refractivity contribution in [2.24, 2.45) is 0 Å². The van der Waals surface area contributed by atoms with Crippen LogP contribution >= 0.6 is 30.4 Å². The van der Waals surface area contributed by atoms with Gasteiger partial charge in [-0.05, 0) is 86.4 Å². The molecule has 0 N–H and O–H groups in total. The van der Waals surface area contributed by atoms with Crippen LogP contribution in [0.2, 0.25) is 0 Å². The minimum atomic E-state index is -0.410. The van der Waals surface area contributed by atoms with Crippen molar-refractivity contribution >= 4 is 36.4 Å². The molecule has 0 fully saturated rings. The summed E-state index contributed by atoms with van der Waals surface area (Å²) < 4.78 is 11.2. The molecule has 0 radical (unpaired) electrons. The van der Waals surface area contributed by atoms with Gasteiger partial charge < -0.3 is 4.74 Å². The average Bonchev–Trinajstić information content (AvgIpc) is 2.99. The first-order valence-electron chi connectivity index (χ1n) is 15.5. The van der Waals surface area contributed by atoms with Crippen molar-refractivity contribution in [1.29, 1.82) is 0 Å². The van der Waals surface area contributed by atoms with Crippen molar-refractivity contribution in [3.05, 3.63) is 88.1 Å². The number of halogens is 1. The zero-order valence-corrected chi connectivity index (χ0v) is 29.8. The first-order valence-corrected chi connectivity index (χ1v) is 18.8. The summed E-state index contributed by atoms with van der Waals surface area (Å²) in [4.78, 5) is 16.5. The van der Waals surface area contributed by atoms with Gasteiger partial charge in [0.05, 0.1) is 27.9 Å². The van der Waals surface area contributed by atoms with Gasteiger partial charge in [-0.15, -0.1) is 0 Å². The van der Waals surface area contributed by atoms with Crippen molar-refractivity contribution in [3.63, 3.8) is 0 Å². The maximum absolute atomic E-state index is 11.8. The fourth-order valence-corrected chi connectivity index (χ4v) is 7.42. The third-order valence-electron chi connectivity index (χ3n) is 8.44. The minimum absolute atomic E-state index is 0.105. The topological polar surface area (TPSA) is 48.4 Å². The first-order chi connectivity index (χ1) is 20.7. The van der Waals surface area contributed by atoms with Crippen LogP contribution in [-0.4, -0.2) is 23.2 Å². The normalized spacial score (nSPS) is 11.6. The van der Waals surface area contributed by atoms with Crippen LogP contribution in [0.15, 0.2) is 54.7 Å². The molecule has 0 aliphatic rings. The van der Waals surface area contributed by atoms with Crippen LogP contribution in [0.5, 0.6) is 0 Å². The highest BCUT2D eigenvalue weighted by Gasteiger charge is 2.32. The van der Waals surface area contributed by atoms with Crippen molar-refractivity contribution in [1.82, 2.24) is 4.98 Å². The van der Waals surface area contributed by atoms with Crippen molar-refractivity contribution < 1.29 is 13.7 Å². The fraction of sp³-hybridized carbons (Fsp3) is 0.459. The van der Waals surface area contributed by atoms with E-state index in [1.54, 1.807) is 6.20 Å². The molecule has 0 atom stereocenters. The molecule has 6 heteroatoms. The van der Waals surface area contributed by atoms with E-state index in [0.29, 0.717) is 6.61 Å². The van der Waals surface area contributed by atoms with Crippen molar-refractivity contribution in [2.45, 2.75) is 104 Å². The summed E-state index contributed by atoms with van der Waals surface area (Å²) in [6.07, 6.45) is 7.92. The Labute approximate surface area is 275 Å². The van der Waals surface area contributed by atoms with Crippen LogP contribution < -0.4 is 0 Å². The van der Waals surface area contributed by atoms with E-state index in [1.807, 2.05) is 19.1 Å². The molecule has 0 saturated heterocycles. The van der Waals surface area contributed by atoms with E-state index in [-0.39, 0.29) is 17.8 Å². The molecule has 3 aromatic rings. The first kappa shape index (κ1) is 35.1. The molecule has 4 nitrogen and oxygen atoms in total. The standard InChI is InChI=1S/C37H46INO3S/c1-8-20-36(21-9-2,42-43-38)22-19-30-14-15-31(23-27(30)6)37(10-3,11-4)32-16-17-33(28(7)24-32)34-18-13-29(26-39-34)25-35(40)41-12-5/h13-18,23-24,26H,8-12,20-21,25H2,1-7H3. The summed E-state index contributed by atoms with van der Waals surface area (Å²) in [5.74, 6) is 6.80. The average molecular weight is 712 g/mol. The van der Waals surface area contributed by atoms with Crippen LogP contribution in [0.3, 0.4) is 0 Å². The number of carbonyl (C=O) groups is 1. The molecule has 43 heavy (non-hydrogen) atoms. The summed E-state index contributed by atoms with van der Waals surface area (Å²) in [7, 11) is 1.39. The molecule has 2 aromatic carbocycles. The summed E-state index contributed by atoms with van der Waals surface area (Å²) in [5, 5.41) is 0. The highest BCUT2D eigenvalue weighted by molar-refractivity contribution is 14.2. The number of aryl methyl sites for hydroxylation is 2. The summed E-state index contributed by atoms with van der Waals surface area (Å²) >= 11 is 2.20. The molecule has 230 valence electrons. The number of ether oxygens (including phenoxy) is 1. The molecule has 0 bridgehead atoms. The third-order valence-corrected chi connectivity index (χ3v) is 9.36.